The molecule has 0 saturated heterocycles. The molecule has 0 radical (unpaired) electrons. The van der Waals surface area contributed by atoms with Crippen LogP contribution in [0.2, 0.25) is 0 Å². The van der Waals surface area contributed by atoms with Gasteiger partial charge in [-0.05, 0) is 29.0 Å². The summed E-state index contributed by atoms with van der Waals surface area (Å²) in [5, 5.41) is 1.20. The molecule has 0 aliphatic heterocycles. The van der Waals surface area contributed by atoms with E-state index in [-0.39, 0.29) is 0 Å². The van der Waals surface area contributed by atoms with E-state index in [0.717, 1.165) is 5.52 Å². The molecule has 0 aliphatic rings. The number of hydrogen-bond donors (Lipinski definition) is 0. The van der Waals surface area contributed by atoms with E-state index in [1.807, 2.05) is 46.2 Å². The first kappa shape index (κ1) is 18.6. The fourth-order valence-electron chi connectivity index (χ4n) is 2.18. The van der Waals surface area contributed by atoms with Gasteiger partial charge in [-0.15, -0.1) is 0 Å². The Kier molecular flexibility index (Phi) is 8.78. The molecular formula is C18H30N2. The maximum absolute atomic E-state index is 4.51. The zero-order valence-electron chi connectivity index (χ0n) is 14.4. The van der Waals surface area contributed by atoms with Gasteiger partial charge in [-0.2, -0.15) is 0 Å². The Labute approximate surface area is 124 Å². The highest BCUT2D eigenvalue weighted by Gasteiger charge is 2.14. The number of fused-ring (bicyclic) bond motifs is 1. The van der Waals surface area contributed by atoms with Crippen molar-refractivity contribution in [2.75, 3.05) is 0 Å². The van der Waals surface area contributed by atoms with Crippen LogP contribution in [0.1, 0.15) is 78.4 Å². The van der Waals surface area contributed by atoms with Crippen molar-refractivity contribution in [3.63, 3.8) is 0 Å². The topological polar surface area (TPSA) is 25.8 Å². The summed E-state index contributed by atoms with van der Waals surface area (Å²) < 4.78 is 0. The molecule has 2 heteroatoms. The van der Waals surface area contributed by atoms with Crippen molar-refractivity contribution in [2.24, 2.45) is 0 Å². The molecule has 0 aliphatic carbocycles. The SMILES string of the molecule is CC.CC.CC(C)c1cnc2ccncc2c1C(C)C. The lowest BCUT2D eigenvalue weighted by atomic mass is 9.90. The minimum Gasteiger partial charge on any atom is -0.264 e. The van der Waals surface area contributed by atoms with Crippen LogP contribution >= 0.6 is 0 Å². The first-order valence-electron chi connectivity index (χ1n) is 7.83. The van der Waals surface area contributed by atoms with Crippen LogP contribution in [0, 0.1) is 0 Å². The molecule has 2 heterocycles. The van der Waals surface area contributed by atoms with Gasteiger partial charge in [0.1, 0.15) is 0 Å². The number of nitrogens with zero attached hydrogens (tertiary/aromatic N) is 2. The van der Waals surface area contributed by atoms with Crippen LogP contribution in [0.3, 0.4) is 0 Å². The lowest BCUT2D eigenvalue weighted by Gasteiger charge is -2.17. The highest BCUT2D eigenvalue weighted by Crippen LogP contribution is 2.31. The van der Waals surface area contributed by atoms with Crippen LogP contribution in [-0.2, 0) is 0 Å². The van der Waals surface area contributed by atoms with E-state index in [9.17, 15) is 0 Å². The molecule has 0 spiro atoms. The molecule has 0 atom stereocenters. The van der Waals surface area contributed by atoms with E-state index in [1.54, 1.807) is 6.20 Å². The van der Waals surface area contributed by atoms with Gasteiger partial charge in [-0.3, -0.25) is 9.97 Å². The maximum atomic E-state index is 4.51. The van der Waals surface area contributed by atoms with Gasteiger partial charge >= 0.3 is 0 Å². The van der Waals surface area contributed by atoms with Crippen molar-refractivity contribution in [3.8, 4) is 0 Å². The Hall–Kier alpha value is -1.44. The van der Waals surface area contributed by atoms with Crippen molar-refractivity contribution >= 4 is 10.9 Å². The lowest BCUT2D eigenvalue weighted by Crippen LogP contribution is -2.01. The van der Waals surface area contributed by atoms with Crippen molar-refractivity contribution in [1.29, 1.82) is 0 Å². The van der Waals surface area contributed by atoms with Gasteiger partial charge < -0.3 is 0 Å². The Balaban J connectivity index is 0.000000829. The minimum absolute atomic E-state index is 0.507. The molecule has 0 fully saturated rings. The third-order valence-electron chi connectivity index (χ3n) is 2.94. The monoisotopic (exact) mass is 274 g/mol. The van der Waals surface area contributed by atoms with Crippen molar-refractivity contribution < 1.29 is 0 Å². The molecule has 0 bridgehead atoms. The zero-order chi connectivity index (χ0) is 15.7. The Morgan fingerprint density at radius 3 is 1.95 bits per heavy atom. The summed E-state index contributed by atoms with van der Waals surface area (Å²) >= 11 is 0. The highest BCUT2D eigenvalue weighted by molar-refractivity contribution is 5.82. The van der Waals surface area contributed by atoms with E-state index in [2.05, 4.69) is 37.7 Å². The van der Waals surface area contributed by atoms with Crippen LogP contribution in [0.15, 0.2) is 24.7 Å². The summed E-state index contributed by atoms with van der Waals surface area (Å²) in [5.74, 6) is 1.02. The predicted octanol–water partition coefficient (Wildman–Crippen LogP) is 5.93. The highest BCUT2D eigenvalue weighted by atomic mass is 14.7. The van der Waals surface area contributed by atoms with E-state index >= 15 is 0 Å². The maximum Gasteiger partial charge on any atom is 0.0735 e. The molecule has 0 N–H and O–H groups in total. The van der Waals surface area contributed by atoms with Crippen LogP contribution < -0.4 is 0 Å². The third-order valence-corrected chi connectivity index (χ3v) is 2.94. The smallest absolute Gasteiger partial charge is 0.0735 e. The Bertz CT molecular complexity index is 502. The standard InChI is InChI=1S/C14H18N2.2C2H6/c1-9(2)11-8-16-13-5-6-15-7-12(13)14(11)10(3)4;2*1-2/h5-10H,1-4H3;2*1-2H3. The van der Waals surface area contributed by atoms with Crippen LogP contribution in [0.4, 0.5) is 0 Å². The van der Waals surface area contributed by atoms with Crippen molar-refractivity contribution in [2.45, 2.75) is 67.2 Å². The number of pyridine rings is 2. The molecule has 0 aromatic carbocycles. The van der Waals surface area contributed by atoms with Gasteiger partial charge in [0.15, 0.2) is 0 Å². The molecule has 0 amide bonds. The second-order valence-electron chi connectivity index (χ2n) is 4.83. The number of rotatable bonds is 2. The first-order chi connectivity index (χ1) is 9.61. The summed E-state index contributed by atoms with van der Waals surface area (Å²) in [6.07, 6.45) is 5.75. The van der Waals surface area contributed by atoms with E-state index < -0.39 is 0 Å². The Morgan fingerprint density at radius 1 is 0.850 bits per heavy atom. The average Bonchev–Trinajstić information content (AvgIpc) is 2.49. The van der Waals surface area contributed by atoms with E-state index in [0.29, 0.717) is 11.8 Å². The summed E-state index contributed by atoms with van der Waals surface area (Å²) in [4.78, 5) is 8.72. The van der Waals surface area contributed by atoms with Crippen molar-refractivity contribution in [3.05, 3.63) is 35.8 Å². The molecule has 0 saturated carbocycles. The average molecular weight is 274 g/mol. The van der Waals surface area contributed by atoms with Gasteiger partial charge in [0.2, 0.25) is 0 Å². The Morgan fingerprint density at radius 2 is 1.45 bits per heavy atom. The number of aromatic nitrogens is 2. The van der Waals surface area contributed by atoms with Gasteiger partial charge in [-0.1, -0.05) is 55.4 Å². The fraction of sp³-hybridized carbons (Fsp3) is 0.556. The second kappa shape index (κ2) is 9.46. The van der Waals surface area contributed by atoms with Gasteiger partial charge in [-0.25, -0.2) is 0 Å². The molecule has 2 aromatic rings. The predicted molar refractivity (Wildman–Crippen MR) is 90.4 cm³/mol. The lowest BCUT2D eigenvalue weighted by molar-refractivity contribution is 0.792. The molecule has 20 heavy (non-hydrogen) atoms. The summed E-state index contributed by atoms with van der Waals surface area (Å²) in [6, 6.07) is 1.98. The minimum atomic E-state index is 0.507. The summed E-state index contributed by atoms with van der Waals surface area (Å²) in [5.41, 5.74) is 3.78. The van der Waals surface area contributed by atoms with Gasteiger partial charge in [0.05, 0.1) is 5.52 Å². The molecule has 2 nitrogen and oxygen atoms in total. The van der Waals surface area contributed by atoms with Crippen LogP contribution in [0.5, 0.6) is 0 Å². The quantitative estimate of drug-likeness (QED) is 0.678. The van der Waals surface area contributed by atoms with E-state index in [1.165, 1.54) is 16.5 Å². The fourth-order valence-corrected chi connectivity index (χ4v) is 2.18. The normalized spacial score (nSPS) is 9.90. The molecular weight excluding hydrogens is 244 g/mol. The largest absolute Gasteiger partial charge is 0.264 e. The second-order valence-corrected chi connectivity index (χ2v) is 4.83. The third kappa shape index (κ3) is 4.29. The van der Waals surface area contributed by atoms with Crippen molar-refractivity contribution in [1.82, 2.24) is 9.97 Å². The van der Waals surface area contributed by atoms with E-state index in [4.69, 9.17) is 0 Å². The molecule has 2 aromatic heterocycles. The van der Waals surface area contributed by atoms with Crippen LogP contribution in [0.25, 0.3) is 10.9 Å². The zero-order valence-corrected chi connectivity index (χ0v) is 14.4. The summed E-state index contributed by atoms with van der Waals surface area (Å²) in [6.45, 7) is 16.9. The van der Waals surface area contributed by atoms with Gasteiger partial charge in [0, 0.05) is 24.0 Å². The first-order valence-corrected chi connectivity index (χ1v) is 7.83. The summed E-state index contributed by atoms with van der Waals surface area (Å²) in [7, 11) is 0. The van der Waals surface area contributed by atoms with Crippen LogP contribution in [-0.4, -0.2) is 9.97 Å². The molecule has 112 valence electrons. The van der Waals surface area contributed by atoms with Gasteiger partial charge in [0.25, 0.3) is 0 Å². The molecule has 0 unspecified atom stereocenters. The number of hydrogen-bond acceptors (Lipinski definition) is 2. The molecule has 2 rings (SSSR count).